The standard InChI is InChI=1S/C11H15FN2O5S/c1-7(2)11(15)6-13-20(18,19)8-3-4-9(12)10(5-8)14(16)17/h3-5,7,11,13,15H,6H2,1-2H3. The molecule has 0 aromatic heterocycles. The molecule has 9 heteroatoms. The first-order valence-electron chi connectivity index (χ1n) is 5.77. The Hall–Kier alpha value is -1.58. The highest BCUT2D eigenvalue weighted by Crippen LogP contribution is 2.21. The summed E-state index contributed by atoms with van der Waals surface area (Å²) in [5.74, 6) is -1.27. The van der Waals surface area contributed by atoms with Crippen molar-refractivity contribution in [2.45, 2.75) is 24.8 Å². The SMILES string of the molecule is CC(C)C(O)CNS(=O)(=O)c1ccc(F)c([N+](=O)[O-])c1. The van der Waals surface area contributed by atoms with E-state index in [1.54, 1.807) is 13.8 Å². The molecule has 0 aliphatic carbocycles. The van der Waals surface area contributed by atoms with Gasteiger partial charge in [-0.25, -0.2) is 13.1 Å². The zero-order valence-electron chi connectivity index (χ0n) is 10.9. The van der Waals surface area contributed by atoms with Gasteiger partial charge >= 0.3 is 5.69 Å². The van der Waals surface area contributed by atoms with Gasteiger partial charge in [0.2, 0.25) is 15.8 Å². The maximum absolute atomic E-state index is 13.1. The normalized spacial score (nSPS) is 13.4. The van der Waals surface area contributed by atoms with E-state index in [4.69, 9.17) is 0 Å². The first-order chi connectivity index (χ1) is 9.15. The smallest absolute Gasteiger partial charge is 0.306 e. The van der Waals surface area contributed by atoms with Crippen molar-refractivity contribution in [3.05, 3.63) is 34.1 Å². The molecule has 0 saturated heterocycles. The van der Waals surface area contributed by atoms with Gasteiger partial charge in [0.25, 0.3) is 0 Å². The summed E-state index contributed by atoms with van der Waals surface area (Å²) >= 11 is 0. The number of aliphatic hydroxyl groups is 1. The van der Waals surface area contributed by atoms with Crippen molar-refractivity contribution in [2.24, 2.45) is 5.92 Å². The van der Waals surface area contributed by atoms with Crippen LogP contribution in [0.4, 0.5) is 10.1 Å². The minimum atomic E-state index is -4.04. The third-order valence-electron chi connectivity index (χ3n) is 2.68. The lowest BCUT2D eigenvalue weighted by molar-refractivity contribution is -0.387. The molecule has 1 rings (SSSR count). The second-order valence-corrected chi connectivity index (χ2v) is 6.30. The van der Waals surface area contributed by atoms with E-state index in [0.29, 0.717) is 12.1 Å². The highest BCUT2D eigenvalue weighted by molar-refractivity contribution is 7.89. The Morgan fingerprint density at radius 1 is 1.45 bits per heavy atom. The molecule has 1 aromatic rings. The van der Waals surface area contributed by atoms with Crippen LogP contribution in [0.3, 0.4) is 0 Å². The van der Waals surface area contributed by atoms with Crippen LogP contribution >= 0.6 is 0 Å². The molecular weight excluding hydrogens is 291 g/mol. The molecule has 0 bridgehead atoms. The van der Waals surface area contributed by atoms with Gasteiger partial charge in [-0.2, -0.15) is 4.39 Å². The molecule has 1 atom stereocenters. The third kappa shape index (κ3) is 3.95. The van der Waals surface area contributed by atoms with Crippen molar-refractivity contribution >= 4 is 15.7 Å². The van der Waals surface area contributed by atoms with Gasteiger partial charge < -0.3 is 5.11 Å². The number of nitro groups is 1. The number of nitrogens with one attached hydrogen (secondary N) is 1. The molecule has 0 heterocycles. The number of nitro benzene ring substituents is 1. The molecule has 112 valence electrons. The van der Waals surface area contributed by atoms with E-state index in [-0.39, 0.29) is 12.5 Å². The van der Waals surface area contributed by atoms with E-state index in [1.165, 1.54) is 0 Å². The summed E-state index contributed by atoms with van der Waals surface area (Å²) in [5.41, 5.74) is -0.919. The molecular formula is C11H15FN2O5S. The largest absolute Gasteiger partial charge is 0.391 e. The summed E-state index contributed by atoms with van der Waals surface area (Å²) in [6.07, 6.45) is -0.889. The van der Waals surface area contributed by atoms with Gasteiger partial charge in [-0.15, -0.1) is 0 Å². The molecule has 7 nitrogen and oxygen atoms in total. The van der Waals surface area contributed by atoms with Crippen molar-refractivity contribution in [2.75, 3.05) is 6.54 Å². The van der Waals surface area contributed by atoms with Gasteiger partial charge in [0.05, 0.1) is 15.9 Å². The highest BCUT2D eigenvalue weighted by Gasteiger charge is 2.22. The van der Waals surface area contributed by atoms with E-state index in [1.807, 2.05) is 0 Å². The minimum Gasteiger partial charge on any atom is -0.391 e. The lowest BCUT2D eigenvalue weighted by atomic mass is 10.1. The highest BCUT2D eigenvalue weighted by atomic mass is 32.2. The number of rotatable bonds is 6. The van der Waals surface area contributed by atoms with E-state index < -0.39 is 37.5 Å². The van der Waals surface area contributed by atoms with Crippen molar-refractivity contribution in [3.8, 4) is 0 Å². The van der Waals surface area contributed by atoms with Gasteiger partial charge in [-0.1, -0.05) is 13.8 Å². The first-order valence-corrected chi connectivity index (χ1v) is 7.25. The Bertz CT molecular complexity index is 603. The fraction of sp³-hybridized carbons (Fsp3) is 0.455. The second kappa shape index (κ2) is 6.25. The average Bonchev–Trinajstić information content (AvgIpc) is 2.35. The molecule has 20 heavy (non-hydrogen) atoms. The third-order valence-corrected chi connectivity index (χ3v) is 4.10. The van der Waals surface area contributed by atoms with Crippen LogP contribution < -0.4 is 4.72 Å². The Balaban J connectivity index is 2.99. The number of hydrogen-bond acceptors (Lipinski definition) is 5. The summed E-state index contributed by atoms with van der Waals surface area (Å²) in [7, 11) is -4.04. The average molecular weight is 306 g/mol. The summed E-state index contributed by atoms with van der Waals surface area (Å²) in [6.45, 7) is 3.19. The van der Waals surface area contributed by atoms with Crippen molar-refractivity contribution in [1.82, 2.24) is 4.72 Å². The minimum absolute atomic E-state index is 0.153. The molecule has 2 N–H and O–H groups in total. The van der Waals surface area contributed by atoms with E-state index in [9.17, 15) is 28.0 Å². The fourth-order valence-electron chi connectivity index (χ4n) is 1.31. The van der Waals surface area contributed by atoms with Gasteiger partial charge in [-0.05, 0) is 18.1 Å². The predicted molar refractivity (Wildman–Crippen MR) is 69.1 cm³/mol. The second-order valence-electron chi connectivity index (χ2n) is 4.53. The van der Waals surface area contributed by atoms with E-state index in [0.717, 1.165) is 6.07 Å². The zero-order chi connectivity index (χ0) is 15.5. The molecule has 0 spiro atoms. The molecule has 1 aromatic carbocycles. The van der Waals surface area contributed by atoms with E-state index in [2.05, 4.69) is 4.72 Å². The number of benzene rings is 1. The topological polar surface area (TPSA) is 110 Å². The summed E-state index contributed by atoms with van der Waals surface area (Å²) < 4.78 is 39.0. The monoisotopic (exact) mass is 306 g/mol. The van der Waals surface area contributed by atoms with Gasteiger partial charge in [0.1, 0.15) is 0 Å². The molecule has 0 amide bonds. The van der Waals surface area contributed by atoms with Gasteiger partial charge in [-0.3, -0.25) is 10.1 Å². The lowest BCUT2D eigenvalue weighted by Gasteiger charge is -2.15. The summed E-state index contributed by atoms with van der Waals surface area (Å²) in [5, 5.41) is 20.1. The molecule has 0 saturated carbocycles. The Morgan fingerprint density at radius 2 is 2.05 bits per heavy atom. The molecule has 1 unspecified atom stereocenters. The Labute approximate surface area is 115 Å². The van der Waals surface area contributed by atoms with Crippen molar-refractivity contribution < 1.29 is 22.8 Å². The fourth-order valence-corrected chi connectivity index (χ4v) is 2.38. The lowest BCUT2D eigenvalue weighted by Crippen LogP contribution is -2.34. The van der Waals surface area contributed by atoms with Crippen molar-refractivity contribution in [1.29, 1.82) is 0 Å². The van der Waals surface area contributed by atoms with Gasteiger partial charge in [0, 0.05) is 12.6 Å². The Kier molecular flexibility index (Phi) is 5.15. The van der Waals surface area contributed by atoms with Crippen LogP contribution in [0.1, 0.15) is 13.8 Å². The maximum Gasteiger partial charge on any atom is 0.306 e. The Morgan fingerprint density at radius 3 is 2.55 bits per heavy atom. The number of aliphatic hydroxyl groups excluding tert-OH is 1. The first kappa shape index (κ1) is 16.5. The quantitative estimate of drug-likeness (QED) is 0.602. The molecule has 0 aliphatic rings. The number of sulfonamides is 1. The zero-order valence-corrected chi connectivity index (χ0v) is 11.7. The van der Waals surface area contributed by atoms with Crippen molar-refractivity contribution in [3.63, 3.8) is 0 Å². The van der Waals surface area contributed by atoms with Crippen LogP contribution in [0, 0.1) is 21.8 Å². The molecule has 0 aliphatic heterocycles. The number of nitrogens with zero attached hydrogens (tertiary/aromatic N) is 1. The van der Waals surface area contributed by atoms with Crippen LogP contribution in [-0.2, 0) is 10.0 Å². The van der Waals surface area contributed by atoms with Crippen LogP contribution in [0.15, 0.2) is 23.1 Å². The molecule has 0 radical (unpaired) electrons. The van der Waals surface area contributed by atoms with Crippen LogP contribution in [-0.4, -0.2) is 31.1 Å². The summed E-state index contributed by atoms with van der Waals surface area (Å²) in [6, 6.07) is 2.28. The summed E-state index contributed by atoms with van der Waals surface area (Å²) in [4.78, 5) is 9.13. The number of hydrogen-bond donors (Lipinski definition) is 2. The van der Waals surface area contributed by atoms with Crippen LogP contribution in [0.2, 0.25) is 0 Å². The predicted octanol–water partition coefficient (Wildman–Crippen LogP) is 1.03. The van der Waals surface area contributed by atoms with E-state index >= 15 is 0 Å². The van der Waals surface area contributed by atoms with Gasteiger partial charge in [0.15, 0.2) is 0 Å². The number of halogens is 1. The maximum atomic E-state index is 13.1. The van der Waals surface area contributed by atoms with Crippen LogP contribution in [0.25, 0.3) is 0 Å². The van der Waals surface area contributed by atoms with Crippen LogP contribution in [0.5, 0.6) is 0 Å². The molecule has 0 fully saturated rings.